The number of hydrogen-bond donors (Lipinski definition) is 2. The van der Waals surface area contributed by atoms with Crippen molar-refractivity contribution in [2.75, 3.05) is 12.3 Å². The van der Waals surface area contributed by atoms with E-state index in [1.807, 2.05) is 12.1 Å². The highest BCUT2D eigenvalue weighted by Gasteiger charge is 2.16. The highest BCUT2D eigenvalue weighted by Crippen LogP contribution is 2.10. The van der Waals surface area contributed by atoms with Gasteiger partial charge in [0, 0.05) is 30.4 Å². The van der Waals surface area contributed by atoms with Crippen LogP contribution in [0.25, 0.3) is 0 Å². The molecule has 110 valence electrons. The summed E-state index contributed by atoms with van der Waals surface area (Å²) in [4.78, 5) is 2.43. The quantitative estimate of drug-likeness (QED) is 0.788. The van der Waals surface area contributed by atoms with Crippen LogP contribution in [0.15, 0.2) is 24.3 Å². The van der Waals surface area contributed by atoms with E-state index in [0.717, 1.165) is 18.7 Å². The Morgan fingerprint density at radius 1 is 1.00 bits per heavy atom. The lowest BCUT2D eigenvalue weighted by molar-refractivity contribution is 0.164. The lowest BCUT2D eigenvalue weighted by atomic mass is 10.0. The van der Waals surface area contributed by atoms with Crippen LogP contribution in [0, 0.1) is 0 Å². The average Bonchev–Trinajstić information content (AvgIpc) is 2.28. The van der Waals surface area contributed by atoms with Crippen LogP contribution >= 0.6 is 13.5 Å². The summed E-state index contributed by atoms with van der Waals surface area (Å²) in [5.41, 5.74) is 14.0. The van der Waals surface area contributed by atoms with E-state index in [0.29, 0.717) is 12.1 Å². The summed E-state index contributed by atoms with van der Waals surface area (Å²) in [6, 6.07) is 9.22. The van der Waals surface area contributed by atoms with E-state index in [2.05, 4.69) is 44.7 Å². The summed E-state index contributed by atoms with van der Waals surface area (Å²) in [5, 5.41) is 0. The van der Waals surface area contributed by atoms with Crippen LogP contribution in [0.4, 0.5) is 5.69 Å². The number of nitrogens with two attached hydrogens (primary N) is 2. The molecule has 0 aliphatic carbocycles. The van der Waals surface area contributed by atoms with E-state index < -0.39 is 0 Å². The second-order valence-corrected chi connectivity index (χ2v) is 5.59. The van der Waals surface area contributed by atoms with Crippen molar-refractivity contribution in [1.82, 2.24) is 4.90 Å². The van der Waals surface area contributed by atoms with Gasteiger partial charge in [0.1, 0.15) is 0 Å². The summed E-state index contributed by atoms with van der Waals surface area (Å²) in [6.45, 7) is 9.80. The molecule has 0 fully saturated rings. The van der Waals surface area contributed by atoms with Crippen molar-refractivity contribution in [3.63, 3.8) is 0 Å². The first-order valence-electron chi connectivity index (χ1n) is 6.76. The van der Waals surface area contributed by atoms with E-state index in [4.69, 9.17) is 11.5 Å². The largest absolute Gasteiger partial charge is 0.399 e. The lowest BCUT2D eigenvalue weighted by Gasteiger charge is -2.32. The Kier molecular flexibility index (Phi) is 8.14. The van der Waals surface area contributed by atoms with E-state index >= 15 is 0 Å². The van der Waals surface area contributed by atoms with Crippen molar-refractivity contribution >= 4 is 19.2 Å². The second kappa shape index (κ2) is 8.46. The molecule has 0 spiro atoms. The fraction of sp³-hybridized carbons (Fsp3) is 0.600. The second-order valence-electron chi connectivity index (χ2n) is 5.59. The first-order chi connectivity index (χ1) is 8.40. The molecule has 0 amide bonds. The highest BCUT2D eigenvalue weighted by atomic mass is 32.1. The van der Waals surface area contributed by atoms with Crippen molar-refractivity contribution in [3.05, 3.63) is 29.8 Å². The van der Waals surface area contributed by atoms with Crippen LogP contribution in [0.5, 0.6) is 0 Å². The SMILES string of the molecule is CC(C)N(C[C@@H](N)Cc1ccc(N)cc1)C(C)C.S. The summed E-state index contributed by atoms with van der Waals surface area (Å²) >= 11 is 0. The minimum absolute atomic E-state index is 0. The molecular weight excluding hydrogens is 254 g/mol. The Bertz CT molecular complexity index is 341. The third kappa shape index (κ3) is 6.32. The molecule has 1 aromatic carbocycles. The van der Waals surface area contributed by atoms with Gasteiger partial charge in [0.2, 0.25) is 0 Å². The molecule has 4 N–H and O–H groups in total. The molecule has 0 aromatic heterocycles. The van der Waals surface area contributed by atoms with E-state index in [9.17, 15) is 0 Å². The lowest BCUT2D eigenvalue weighted by Crippen LogP contribution is -2.45. The maximum Gasteiger partial charge on any atom is 0.0314 e. The van der Waals surface area contributed by atoms with Gasteiger partial charge in [0.05, 0.1) is 0 Å². The van der Waals surface area contributed by atoms with Crippen LogP contribution in [0.1, 0.15) is 33.3 Å². The van der Waals surface area contributed by atoms with Crippen LogP contribution in [-0.4, -0.2) is 29.6 Å². The molecule has 0 bridgehead atoms. The molecule has 3 nitrogen and oxygen atoms in total. The van der Waals surface area contributed by atoms with Gasteiger partial charge >= 0.3 is 0 Å². The Labute approximate surface area is 124 Å². The van der Waals surface area contributed by atoms with E-state index in [1.165, 1.54) is 5.56 Å². The van der Waals surface area contributed by atoms with Gasteiger partial charge in [-0.3, -0.25) is 4.90 Å². The normalized spacial score (nSPS) is 12.8. The highest BCUT2D eigenvalue weighted by molar-refractivity contribution is 7.59. The summed E-state index contributed by atoms with van der Waals surface area (Å²) in [6.07, 6.45) is 0.899. The van der Waals surface area contributed by atoms with Crippen molar-refractivity contribution in [3.8, 4) is 0 Å². The zero-order chi connectivity index (χ0) is 13.7. The number of hydrogen-bond acceptors (Lipinski definition) is 3. The number of rotatable bonds is 6. The van der Waals surface area contributed by atoms with Gasteiger partial charge < -0.3 is 11.5 Å². The molecule has 1 rings (SSSR count). The fourth-order valence-corrected chi connectivity index (χ4v) is 2.31. The molecule has 0 saturated carbocycles. The molecule has 19 heavy (non-hydrogen) atoms. The minimum atomic E-state index is 0. The predicted molar refractivity (Wildman–Crippen MR) is 89.9 cm³/mol. The smallest absolute Gasteiger partial charge is 0.0314 e. The number of benzene rings is 1. The Morgan fingerprint density at radius 3 is 1.89 bits per heavy atom. The van der Waals surface area contributed by atoms with E-state index in [1.54, 1.807) is 0 Å². The van der Waals surface area contributed by atoms with Gasteiger partial charge in [-0.25, -0.2) is 0 Å². The third-order valence-corrected chi connectivity index (χ3v) is 3.25. The van der Waals surface area contributed by atoms with Crippen LogP contribution < -0.4 is 11.5 Å². The van der Waals surface area contributed by atoms with Crippen molar-refractivity contribution in [2.45, 2.75) is 52.2 Å². The van der Waals surface area contributed by atoms with Gasteiger partial charge in [0.15, 0.2) is 0 Å². The molecule has 0 heterocycles. The van der Waals surface area contributed by atoms with Crippen LogP contribution in [0.3, 0.4) is 0 Å². The zero-order valence-corrected chi connectivity index (χ0v) is 13.6. The van der Waals surface area contributed by atoms with Gasteiger partial charge in [-0.05, 0) is 51.8 Å². The monoisotopic (exact) mass is 283 g/mol. The Morgan fingerprint density at radius 2 is 1.47 bits per heavy atom. The van der Waals surface area contributed by atoms with Gasteiger partial charge in [-0.1, -0.05) is 12.1 Å². The standard InChI is InChI=1S/C15H27N3.H2S/c1-11(2)18(12(3)4)10-15(17)9-13-5-7-14(16)8-6-13;/h5-8,11-12,15H,9-10,16-17H2,1-4H3;1H2/t15-;/m0./s1. The molecule has 1 atom stereocenters. The Hall–Kier alpha value is -0.710. The molecule has 0 unspecified atom stereocenters. The molecule has 0 aliphatic heterocycles. The summed E-state index contributed by atoms with van der Waals surface area (Å²) in [7, 11) is 0. The number of nitrogen functional groups attached to an aromatic ring is 1. The zero-order valence-electron chi connectivity index (χ0n) is 12.6. The van der Waals surface area contributed by atoms with Crippen LogP contribution in [0.2, 0.25) is 0 Å². The van der Waals surface area contributed by atoms with Gasteiger partial charge in [0.25, 0.3) is 0 Å². The first kappa shape index (κ1) is 18.3. The molecular formula is C15H29N3S. The number of anilines is 1. The maximum atomic E-state index is 6.25. The number of nitrogens with zero attached hydrogens (tertiary/aromatic N) is 1. The first-order valence-corrected chi connectivity index (χ1v) is 6.76. The molecule has 4 heteroatoms. The molecule has 1 aromatic rings. The molecule has 0 aliphatic rings. The van der Waals surface area contributed by atoms with Crippen LogP contribution in [-0.2, 0) is 6.42 Å². The summed E-state index contributed by atoms with van der Waals surface area (Å²) < 4.78 is 0. The van der Waals surface area contributed by atoms with Gasteiger partial charge in [-0.2, -0.15) is 13.5 Å². The van der Waals surface area contributed by atoms with E-state index in [-0.39, 0.29) is 19.5 Å². The molecule has 0 saturated heterocycles. The third-order valence-electron chi connectivity index (χ3n) is 3.25. The van der Waals surface area contributed by atoms with Crippen molar-refractivity contribution in [1.29, 1.82) is 0 Å². The topological polar surface area (TPSA) is 55.3 Å². The summed E-state index contributed by atoms with van der Waals surface area (Å²) in [5.74, 6) is 0. The predicted octanol–water partition coefficient (Wildman–Crippen LogP) is 2.37. The minimum Gasteiger partial charge on any atom is -0.399 e. The maximum absolute atomic E-state index is 6.25. The van der Waals surface area contributed by atoms with Crippen molar-refractivity contribution < 1.29 is 0 Å². The molecule has 0 radical (unpaired) electrons. The van der Waals surface area contributed by atoms with Gasteiger partial charge in [-0.15, -0.1) is 0 Å². The Balaban J connectivity index is 0.00000324. The van der Waals surface area contributed by atoms with Crippen molar-refractivity contribution in [2.24, 2.45) is 5.73 Å². The fourth-order valence-electron chi connectivity index (χ4n) is 2.31. The average molecular weight is 283 g/mol.